The van der Waals surface area contributed by atoms with E-state index in [0.29, 0.717) is 22.9 Å². The maximum absolute atomic E-state index is 13.0. The lowest BCUT2D eigenvalue weighted by Crippen LogP contribution is -2.39. The van der Waals surface area contributed by atoms with E-state index in [1.54, 1.807) is 55.1 Å². The summed E-state index contributed by atoms with van der Waals surface area (Å²) in [6.07, 6.45) is 0. The molecule has 0 unspecified atom stereocenters. The summed E-state index contributed by atoms with van der Waals surface area (Å²) in [5, 5.41) is 2.60. The Balaban J connectivity index is 1.63. The highest BCUT2D eigenvalue weighted by atomic mass is 32.2. The molecule has 0 saturated heterocycles. The zero-order valence-corrected chi connectivity index (χ0v) is 19.3. The molecule has 0 aliphatic carbocycles. The Hall–Kier alpha value is -3.73. The van der Waals surface area contributed by atoms with Crippen LogP contribution in [0.25, 0.3) is 5.69 Å². The van der Waals surface area contributed by atoms with Gasteiger partial charge in [0.15, 0.2) is 11.5 Å². The van der Waals surface area contributed by atoms with Crippen LogP contribution < -0.4 is 24.7 Å². The van der Waals surface area contributed by atoms with E-state index in [4.69, 9.17) is 9.47 Å². The number of rotatable bonds is 7. The van der Waals surface area contributed by atoms with Gasteiger partial charge in [0.25, 0.3) is 5.56 Å². The molecular formula is C22H24N4O6S. The molecule has 0 atom stereocenters. The third-order valence-electron chi connectivity index (χ3n) is 5.45. The molecule has 3 aromatic rings. The monoisotopic (exact) mass is 472 g/mol. The number of fused-ring (bicyclic) bond motifs is 1. The molecule has 4 rings (SSSR count). The number of anilines is 2. The zero-order chi connectivity index (χ0) is 23.8. The SMILES string of the molecule is CCS(=O)(=O)N(CC(=O)Nc1c(C)n(C)n(-c2ccccc2)c1=O)c1ccc2c(c1)OCO2. The Morgan fingerprint density at radius 2 is 1.82 bits per heavy atom. The molecule has 1 N–H and O–H groups in total. The van der Waals surface area contributed by atoms with Crippen LogP contribution in [0.5, 0.6) is 11.5 Å². The molecule has 33 heavy (non-hydrogen) atoms. The van der Waals surface area contributed by atoms with E-state index in [1.165, 1.54) is 17.7 Å². The minimum atomic E-state index is -3.80. The van der Waals surface area contributed by atoms with Crippen molar-refractivity contribution in [1.29, 1.82) is 0 Å². The van der Waals surface area contributed by atoms with Crippen molar-refractivity contribution in [3.05, 3.63) is 64.6 Å². The normalized spacial score (nSPS) is 12.6. The van der Waals surface area contributed by atoms with E-state index in [2.05, 4.69) is 5.32 Å². The number of nitrogens with zero attached hydrogens (tertiary/aromatic N) is 3. The Labute approximate surface area is 191 Å². The number of para-hydroxylation sites is 1. The van der Waals surface area contributed by atoms with Crippen LogP contribution in [-0.2, 0) is 21.9 Å². The molecule has 2 heterocycles. The van der Waals surface area contributed by atoms with Gasteiger partial charge in [-0.05, 0) is 38.1 Å². The largest absolute Gasteiger partial charge is 0.454 e. The molecule has 1 amide bonds. The van der Waals surface area contributed by atoms with Gasteiger partial charge in [-0.3, -0.25) is 18.6 Å². The van der Waals surface area contributed by atoms with Crippen molar-refractivity contribution < 1.29 is 22.7 Å². The number of carbonyl (C=O) groups excluding carboxylic acids is 1. The van der Waals surface area contributed by atoms with Gasteiger partial charge >= 0.3 is 0 Å². The van der Waals surface area contributed by atoms with E-state index in [0.717, 1.165) is 4.31 Å². The third-order valence-corrected chi connectivity index (χ3v) is 7.19. The minimum Gasteiger partial charge on any atom is -0.454 e. The third kappa shape index (κ3) is 4.19. The number of hydrogen-bond donors (Lipinski definition) is 1. The number of amides is 1. The number of carbonyl (C=O) groups is 1. The predicted molar refractivity (Wildman–Crippen MR) is 124 cm³/mol. The van der Waals surface area contributed by atoms with Crippen molar-refractivity contribution in [2.75, 3.05) is 28.7 Å². The van der Waals surface area contributed by atoms with Crippen molar-refractivity contribution in [3.63, 3.8) is 0 Å². The van der Waals surface area contributed by atoms with Gasteiger partial charge in [0.1, 0.15) is 12.2 Å². The number of nitrogens with one attached hydrogen (secondary N) is 1. The molecule has 0 bridgehead atoms. The number of sulfonamides is 1. The summed E-state index contributed by atoms with van der Waals surface area (Å²) in [5.41, 5.74) is 1.12. The Kier molecular flexibility index (Phi) is 5.90. The smallest absolute Gasteiger partial charge is 0.295 e. The Morgan fingerprint density at radius 1 is 1.12 bits per heavy atom. The maximum atomic E-state index is 13.0. The second-order valence-corrected chi connectivity index (χ2v) is 9.61. The zero-order valence-electron chi connectivity index (χ0n) is 18.4. The molecular weight excluding hydrogens is 448 g/mol. The first-order valence-corrected chi connectivity index (χ1v) is 11.9. The summed E-state index contributed by atoms with van der Waals surface area (Å²) in [6, 6.07) is 13.7. The second kappa shape index (κ2) is 8.66. The standard InChI is InChI=1S/C22H24N4O6S/c1-4-33(29,30)25(17-10-11-18-19(12-17)32-14-31-18)13-20(27)23-21-15(2)24(3)26(22(21)28)16-8-6-5-7-9-16/h5-12H,4,13-14H2,1-3H3,(H,23,27). The summed E-state index contributed by atoms with van der Waals surface area (Å²) >= 11 is 0. The van der Waals surface area contributed by atoms with Crippen LogP contribution in [0.1, 0.15) is 12.6 Å². The first-order valence-electron chi connectivity index (χ1n) is 10.3. The molecule has 1 aromatic heterocycles. The fourth-order valence-electron chi connectivity index (χ4n) is 3.57. The summed E-state index contributed by atoms with van der Waals surface area (Å²) in [5.74, 6) is 0.0443. The lowest BCUT2D eigenvalue weighted by Gasteiger charge is -2.23. The van der Waals surface area contributed by atoms with Crippen molar-refractivity contribution in [2.24, 2.45) is 7.05 Å². The Bertz CT molecular complexity index is 1360. The molecule has 0 radical (unpaired) electrons. The van der Waals surface area contributed by atoms with Crippen molar-refractivity contribution in [3.8, 4) is 17.2 Å². The molecule has 1 aliphatic rings. The Morgan fingerprint density at radius 3 is 2.52 bits per heavy atom. The molecule has 0 spiro atoms. The van der Waals surface area contributed by atoms with Crippen LogP contribution in [0.15, 0.2) is 53.3 Å². The molecule has 174 valence electrons. The quantitative estimate of drug-likeness (QED) is 0.563. The van der Waals surface area contributed by atoms with Crippen LogP contribution in [0, 0.1) is 6.92 Å². The molecule has 10 nitrogen and oxygen atoms in total. The fraction of sp³-hybridized carbons (Fsp3) is 0.273. The molecule has 2 aromatic carbocycles. The van der Waals surface area contributed by atoms with Gasteiger partial charge in [-0.25, -0.2) is 13.1 Å². The van der Waals surface area contributed by atoms with Crippen molar-refractivity contribution in [2.45, 2.75) is 13.8 Å². The number of benzene rings is 2. The molecule has 11 heteroatoms. The average Bonchev–Trinajstić information content (AvgIpc) is 3.36. The highest BCUT2D eigenvalue weighted by molar-refractivity contribution is 7.92. The molecule has 0 saturated carbocycles. The van der Waals surface area contributed by atoms with Crippen LogP contribution in [0.3, 0.4) is 0 Å². The fourth-order valence-corrected chi connectivity index (χ4v) is 4.63. The topological polar surface area (TPSA) is 112 Å². The number of hydrogen-bond acceptors (Lipinski definition) is 6. The summed E-state index contributed by atoms with van der Waals surface area (Å²) < 4.78 is 40.2. The lowest BCUT2D eigenvalue weighted by atomic mass is 10.2. The van der Waals surface area contributed by atoms with Crippen molar-refractivity contribution in [1.82, 2.24) is 9.36 Å². The van der Waals surface area contributed by atoms with Crippen LogP contribution in [0.4, 0.5) is 11.4 Å². The van der Waals surface area contributed by atoms with Gasteiger partial charge in [-0.1, -0.05) is 18.2 Å². The van der Waals surface area contributed by atoms with E-state index < -0.39 is 28.0 Å². The van der Waals surface area contributed by atoms with Gasteiger partial charge in [-0.2, -0.15) is 0 Å². The first kappa shape index (κ1) is 22.5. The second-order valence-electron chi connectivity index (χ2n) is 7.43. The van der Waals surface area contributed by atoms with E-state index in [9.17, 15) is 18.0 Å². The summed E-state index contributed by atoms with van der Waals surface area (Å²) in [7, 11) is -2.09. The summed E-state index contributed by atoms with van der Waals surface area (Å²) in [6.45, 7) is 2.73. The highest BCUT2D eigenvalue weighted by Gasteiger charge is 2.27. The van der Waals surface area contributed by atoms with Gasteiger partial charge in [0, 0.05) is 13.1 Å². The van der Waals surface area contributed by atoms with E-state index in [-0.39, 0.29) is 23.9 Å². The highest BCUT2D eigenvalue weighted by Crippen LogP contribution is 2.36. The van der Waals surface area contributed by atoms with Crippen LogP contribution in [0.2, 0.25) is 0 Å². The molecule has 1 aliphatic heterocycles. The van der Waals surface area contributed by atoms with Crippen LogP contribution in [-0.4, -0.2) is 42.8 Å². The van der Waals surface area contributed by atoms with Gasteiger partial charge < -0.3 is 14.8 Å². The predicted octanol–water partition coefficient (Wildman–Crippen LogP) is 2.01. The van der Waals surface area contributed by atoms with Crippen LogP contribution >= 0.6 is 0 Å². The van der Waals surface area contributed by atoms with E-state index >= 15 is 0 Å². The summed E-state index contributed by atoms with van der Waals surface area (Å²) in [4.78, 5) is 26.0. The lowest BCUT2D eigenvalue weighted by molar-refractivity contribution is -0.114. The number of aromatic nitrogens is 2. The van der Waals surface area contributed by atoms with E-state index in [1.807, 2.05) is 6.07 Å². The maximum Gasteiger partial charge on any atom is 0.295 e. The van der Waals surface area contributed by atoms with Gasteiger partial charge in [-0.15, -0.1) is 0 Å². The average molecular weight is 473 g/mol. The molecule has 0 fully saturated rings. The van der Waals surface area contributed by atoms with Gasteiger partial charge in [0.05, 0.1) is 22.8 Å². The van der Waals surface area contributed by atoms with Crippen molar-refractivity contribution >= 4 is 27.3 Å². The van der Waals surface area contributed by atoms with Gasteiger partial charge in [0.2, 0.25) is 22.7 Å². The number of ether oxygens (including phenoxy) is 2. The first-order chi connectivity index (χ1) is 15.7. The minimum absolute atomic E-state index is 0.0424.